The molecular weight excluding hydrogens is 502 g/mol. The molecule has 3 aromatic rings. The van der Waals surface area contributed by atoms with Crippen molar-refractivity contribution in [1.82, 2.24) is 9.88 Å². The third-order valence-corrected chi connectivity index (χ3v) is 8.54. The molecular formula is C26H30ClN3O5S. The summed E-state index contributed by atoms with van der Waals surface area (Å²) in [5, 5.41) is 10.6. The number of halogens is 1. The van der Waals surface area contributed by atoms with E-state index < -0.39 is 5.97 Å². The number of hydrogen-bond acceptors (Lipinski definition) is 8. The first-order valence-electron chi connectivity index (χ1n) is 12.2. The number of aliphatic carboxylic acids is 1. The van der Waals surface area contributed by atoms with Crippen molar-refractivity contribution >= 4 is 34.0 Å². The van der Waals surface area contributed by atoms with E-state index in [0.29, 0.717) is 22.9 Å². The number of carbonyl (C=O) groups is 1. The Bertz CT molecular complexity index is 1150. The number of aromatic nitrogens is 1. The fourth-order valence-electron chi connectivity index (χ4n) is 5.12. The third-order valence-electron chi connectivity index (χ3n) is 7.12. The van der Waals surface area contributed by atoms with Gasteiger partial charge in [0.15, 0.2) is 5.13 Å². The van der Waals surface area contributed by atoms with Gasteiger partial charge in [0.05, 0.1) is 48.7 Å². The Kier molecular flexibility index (Phi) is 7.81. The Morgan fingerprint density at radius 1 is 1.19 bits per heavy atom. The van der Waals surface area contributed by atoms with Gasteiger partial charge in [0.1, 0.15) is 5.75 Å². The number of morpholine rings is 1. The van der Waals surface area contributed by atoms with Gasteiger partial charge in [-0.15, -0.1) is 0 Å². The number of piperidine rings is 1. The molecule has 0 saturated carbocycles. The van der Waals surface area contributed by atoms with Gasteiger partial charge in [-0.05, 0) is 43.0 Å². The quantitative estimate of drug-likeness (QED) is 0.420. The third kappa shape index (κ3) is 5.70. The van der Waals surface area contributed by atoms with Gasteiger partial charge in [0, 0.05) is 43.5 Å². The molecule has 1 aromatic carbocycles. The molecule has 192 valence electrons. The topological polar surface area (TPSA) is 88.3 Å². The molecule has 2 saturated heterocycles. The predicted molar refractivity (Wildman–Crippen MR) is 139 cm³/mol. The van der Waals surface area contributed by atoms with Crippen molar-refractivity contribution < 1.29 is 23.8 Å². The fourth-order valence-corrected chi connectivity index (χ4v) is 6.24. The lowest BCUT2D eigenvalue weighted by molar-refractivity contribution is -0.136. The van der Waals surface area contributed by atoms with Gasteiger partial charge in [-0.25, -0.2) is 4.98 Å². The molecule has 2 fully saturated rings. The van der Waals surface area contributed by atoms with E-state index in [9.17, 15) is 4.79 Å². The summed E-state index contributed by atoms with van der Waals surface area (Å²) in [7, 11) is 0. The molecule has 10 heteroatoms. The molecule has 8 nitrogen and oxygen atoms in total. The van der Waals surface area contributed by atoms with E-state index in [1.165, 1.54) is 0 Å². The molecule has 0 aliphatic carbocycles. The predicted octanol–water partition coefficient (Wildman–Crippen LogP) is 4.82. The van der Waals surface area contributed by atoms with Gasteiger partial charge < -0.3 is 23.9 Å². The summed E-state index contributed by atoms with van der Waals surface area (Å²) in [6.07, 6.45) is 8.17. The fraction of sp³-hybridized carbons (Fsp3) is 0.462. The lowest BCUT2D eigenvalue weighted by atomic mass is 9.82. The van der Waals surface area contributed by atoms with Gasteiger partial charge in [-0.3, -0.25) is 9.69 Å². The van der Waals surface area contributed by atoms with Crippen molar-refractivity contribution in [2.75, 3.05) is 50.9 Å². The number of furan rings is 1. The number of carboxylic acid groups (broad SMARTS) is 1. The molecule has 0 bridgehead atoms. The molecule has 0 spiro atoms. The largest absolute Gasteiger partial charge is 0.492 e. The van der Waals surface area contributed by atoms with Crippen molar-refractivity contribution in [3.05, 3.63) is 53.6 Å². The van der Waals surface area contributed by atoms with Crippen LogP contribution in [0.3, 0.4) is 0 Å². The normalized spacial score (nSPS) is 18.3. The number of thiazole rings is 1. The summed E-state index contributed by atoms with van der Waals surface area (Å²) in [5.74, 6) is -0.335. The Hall–Kier alpha value is -2.59. The molecule has 4 heterocycles. The zero-order chi connectivity index (χ0) is 25.0. The maximum absolute atomic E-state index is 11.1. The second-order valence-corrected chi connectivity index (χ2v) is 10.7. The summed E-state index contributed by atoms with van der Waals surface area (Å²) in [6, 6.07) is 7.13. The van der Waals surface area contributed by atoms with Crippen LogP contribution >= 0.6 is 22.9 Å². The van der Waals surface area contributed by atoms with Crippen LogP contribution in [0.1, 0.15) is 24.8 Å². The molecule has 1 N–H and O–H groups in total. The maximum atomic E-state index is 11.1. The average molecular weight is 532 g/mol. The molecule has 0 radical (unpaired) electrons. The highest BCUT2D eigenvalue weighted by atomic mass is 35.5. The van der Waals surface area contributed by atoms with Crippen molar-refractivity contribution in [3.63, 3.8) is 0 Å². The van der Waals surface area contributed by atoms with E-state index in [1.54, 1.807) is 42.1 Å². The first kappa shape index (κ1) is 25.1. The van der Waals surface area contributed by atoms with E-state index in [4.69, 9.17) is 30.6 Å². The van der Waals surface area contributed by atoms with Crippen LogP contribution in [0.15, 0.2) is 47.4 Å². The van der Waals surface area contributed by atoms with E-state index >= 15 is 0 Å². The Morgan fingerprint density at radius 2 is 2.00 bits per heavy atom. The van der Waals surface area contributed by atoms with Gasteiger partial charge in [0.25, 0.3) is 0 Å². The summed E-state index contributed by atoms with van der Waals surface area (Å²) >= 11 is 8.04. The number of anilines is 1. The van der Waals surface area contributed by atoms with Crippen molar-refractivity contribution in [2.45, 2.75) is 31.2 Å². The summed E-state index contributed by atoms with van der Waals surface area (Å²) in [5.41, 5.74) is 1.74. The first-order valence-corrected chi connectivity index (χ1v) is 13.4. The molecule has 2 aliphatic heterocycles. The van der Waals surface area contributed by atoms with Crippen LogP contribution < -0.4 is 9.64 Å². The van der Waals surface area contributed by atoms with Gasteiger partial charge in [0.2, 0.25) is 0 Å². The minimum absolute atomic E-state index is 0.01000. The number of rotatable bonds is 9. The van der Waals surface area contributed by atoms with Crippen LogP contribution in [-0.4, -0.2) is 72.5 Å². The number of carboxylic acids is 1. The maximum Gasteiger partial charge on any atom is 0.307 e. The molecule has 36 heavy (non-hydrogen) atoms. The van der Waals surface area contributed by atoms with Gasteiger partial charge in [-0.1, -0.05) is 29.0 Å². The van der Waals surface area contributed by atoms with Gasteiger partial charge >= 0.3 is 5.97 Å². The Morgan fingerprint density at radius 3 is 2.72 bits per heavy atom. The minimum atomic E-state index is -0.876. The lowest BCUT2D eigenvalue weighted by Crippen LogP contribution is -2.59. The SMILES string of the molecule is O=C(O)Cc1ccc(Cl)c(OCCC2(N3CCOCC3)CCN(c3ncc(-c4ccoc4)s3)CC2)c1. The van der Waals surface area contributed by atoms with Crippen molar-refractivity contribution in [1.29, 1.82) is 0 Å². The second kappa shape index (κ2) is 11.2. The number of hydrogen-bond donors (Lipinski definition) is 1. The number of ether oxygens (including phenoxy) is 2. The zero-order valence-electron chi connectivity index (χ0n) is 20.0. The minimum Gasteiger partial charge on any atom is -0.492 e. The van der Waals surface area contributed by atoms with Gasteiger partial charge in [-0.2, -0.15) is 0 Å². The molecule has 0 amide bonds. The van der Waals surface area contributed by atoms with E-state index in [0.717, 1.165) is 74.2 Å². The van der Waals surface area contributed by atoms with Crippen LogP contribution in [0.25, 0.3) is 10.4 Å². The second-order valence-electron chi connectivity index (χ2n) is 9.26. The average Bonchev–Trinajstić information content (AvgIpc) is 3.59. The Labute approximate surface area is 219 Å². The van der Waals surface area contributed by atoms with E-state index in [1.807, 2.05) is 12.3 Å². The molecule has 0 atom stereocenters. The van der Waals surface area contributed by atoms with E-state index in [2.05, 4.69) is 14.8 Å². The first-order chi connectivity index (χ1) is 17.5. The highest BCUT2D eigenvalue weighted by molar-refractivity contribution is 7.18. The van der Waals surface area contributed by atoms with Crippen LogP contribution in [0.4, 0.5) is 5.13 Å². The number of nitrogens with zero attached hydrogens (tertiary/aromatic N) is 3. The number of benzene rings is 1. The molecule has 2 aromatic heterocycles. The monoisotopic (exact) mass is 531 g/mol. The van der Waals surface area contributed by atoms with E-state index in [-0.39, 0.29) is 12.0 Å². The lowest BCUT2D eigenvalue weighted by Gasteiger charge is -2.50. The standard InChI is InChI=1S/C26H30ClN3O5S/c27-21-2-1-19(16-24(31)32)15-22(21)35-12-6-26(30-9-13-33-14-10-30)4-7-29(8-5-26)25-28-17-23(36-25)20-3-11-34-18-20/h1-3,11,15,17-18H,4-10,12-14,16H2,(H,31,32). The summed E-state index contributed by atoms with van der Waals surface area (Å²) in [6.45, 7) is 5.67. The van der Waals surface area contributed by atoms with Crippen LogP contribution in [0.5, 0.6) is 5.75 Å². The molecule has 5 rings (SSSR count). The highest BCUT2D eigenvalue weighted by Gasteiger charge is 2.40. The zero-order valence-corrected chi connectivity index (χ0v) is 21.6. The summed E-state index contributed by atoms with van der Waals surface area (Å²) in [4.78, 5) is 21.8. The molecule has 0 unspecified atom stereocenters. The van der Waals surface area contributed by atoms with Crippen molar-refractivity contribution in [2.24, 2.45) is 0 Å². The van der Waals surface area contributed by atoms with Crippen LogP contribution in [0.2, 0.25) is 5.02 Å². The van der Waals surface area contributed by atoms with Crippen LogP contribution in [0, 0.1) is 0 Å². The summed E-state index contributed by atoms with van der Waals surface area (Å²) < 4.78 is 17.0. The van der Waals surface area contributed by atoms with Crippen molar-refractivity contribution in [3.8, 4) is 16.2 Å². The Balaban J connectivity index is 1.25. The highest BCUT2D eigenvalue weighted by Crippen LogP contribution is 2.38. The van der Waals surface area contributed by atoms with Crippen LogP contribution in [-0.2, 0) is 16.0 Å². The smallest absolute Gasteiger partial charge is 0.307 e. The molecule has 2 aliphatic rings.